The minimum Gasteiger partial charge on any atom is -0.298 e. The Labute approximate surface area is 118 Å². The van der Waals surface area contributed by atoms with Gasteiger partial charge in [0, 0.05) is 10.4 Å². The normalized spacial score (nSPS) is 12.9. The Morgan fingerprint density at radius 3 is 2.56 bits per heavy atom. The summed E-state index contributed by atoms with van der Waals surface area (Å²) in [5, 5.41) is 0.675. The summed E-state index contributed by atoms with van der Waals surface area (Å²) in [6.07, 6.45) is 0.671. The molecule has 0 N–H and O–H groups in total. The van der Waals surface area contributed by atoms with Gasteiger partial charge in [0.25, 0.3) is 0 Å². The molecule has 1 rings (SSSR count). The molecular weight excluding hydrogens is 355 g/mol. The summed E-state index contributed by atoms with van der Waals surface area (Å²) in [5.74, 6) is 0.273. The van der Waals surface area contributed by atoms with Crippen LogP contribution in [0.2, 0.25) is 5.02 Å². The maximum atomic E-state index is 11.7. The minimum atomic E-state index is -0.134. The van der Waals surface area contributed by atoms with Crippen molar-refractivity contribution in [2.75, 3.05) is 0 Å². The van der Waals surface area contributed by atoms with Gasteiger partial charge in [0.05, 0.1) is 9.85 Å². The Kier molecular flexibility index (Phi) is 5.48. The predicted octanol–water partition coefficient (Wildman–Crippen LogP) is 4.63. The first-order valence-electron chi connectivity index (χ1n) is 5.03. The molecule has 0 spiro atoms. The van der Waals surface area contributed by atoms with Crippen LogP contribution in [0.4, 0.5) is 0 Å². The summed E-state index contributed by atoms with van der Waals surface area (Å²) in [4.78, 5) is 11.6. The number of ketones is 1. The predicted molar refractivity (Wildman–Crippen MR) is 75.4 cm³/mol. The standard InChI is InChI=1S/C12H13Br2ClO/c1-7(2)12(16)10(14)5-8-3-4-9(13)11(15)6-8/h3-4,6-7,10H,5H2,1-2H3. The molecule has 4 heteroatoms. The van der Waals surface area contributed by atoms with E-state index in [1.165, 1.54) is 0 Å². The number of hydrogen-bond acceptors (Lipinski definition) is 1. The van der Waals surface area contributed by atoms with E-state index < -0.39 is 0 Å². The number of alkyl halides is 1. The van der Waals surface area contributed by atoms with Crippen molar-refractivity contribution in [1.82, 2.24) is 0 Å². The van der Waals surface area contributed by atoms with E-state index in [1.54, 1.807) is 0 Å². The molecule has 0 fully saturated rings. The van der Waals surface area contributed by atoms with Crippen LogP contribution in [0.25, 0.3) is 0 Å². The minimum absolute atomic E-state index is 0.0512. The topological polar surface area (TPSA) is 17.1 Å². The van der Waals surface area contributed by atoms with E-state index in [0.29, 0.717) is 11.4 Å². The summed E-state index contributed by atoms with van der Waals surface area (Å²) in [6, 6.07) is 5.75. The Bertz CT molecular complexity index is 391. The number of Topliss-reactive ketones (excluding diaryl/α,β-unsaturated/α-hetero) is 1. The van der Waals surface area contributed by atoms with Gasteiger partial charge in [-0.25, -0.2) is 0 Å². The summed E-state index contributed by atoms with van der Waals surface area (Å²) in [5.41, 5.74) is 1.06. The largest absolute Gasteiger partial charge is 0.298 e. The molecule has 1 atom stereocenters. The second kappa shape index (κ2) is 6.18. The van der Waals surface area contributed by atoms with E-state index in [0.717, 1.165) is 10.0 Å². The smallest absolute Gasteiger partial charge is 0.149 e. The number of carbonyl (C=O) groups is 1. The molecule has 0 amide bonds. The zero-order chi connectivity index (χ0) is 12.3. The van der Waals surface area contributed by atoms with E-state index in [-0.39, 0.29) is 16.5 Å². The fourth-order valence-electron chi connectivity index (χ4n) is 1.34. The van der Waals surface area contributed by atoms with E-state index in [9.17, 15) is 4.79 Å². The first-order chi connectivity index (χ1) is 7.41. The third kappa shape index (κ3) is 3.86. The fraction of sp³-hybridized carbons (Fsp3) is 0.417. The van der Waals surface area contributed by atoms with Gasteiger partial charge in [-0.3, -0.25) is 4.79 Å². The van der Waals surface area contributed by atoms with E-state index in [2.05, 4.69) is 31.9 Å². The highest BCUT2D eigenvalue weighted by Crippen LogP contribution is 2.25. The maximum Gasteiger partial charge on any atom is 0.149 e. The Morgan fingerprint density at radius 1 is 1.44 bits per heavy atom. The SMILES string of the molecule is CC(C)C(=O)C(Br)Cc1ccc(Br)c(Cl)c1. The van der Waals surface area contributed by atoms with Crippen molar-refractivity contribution in [3.05, 3.63) is 33.3 Å². The molecule has 1 aromatic carbocycles. The lowest BCUT2D eigenvalue weighted by Crippen LogP contribution is -2.21. The van der Waals surface area contributed by atoms with Gasteiger partial charge in [0.2, 0.25) is 0 Å². The van der Waals surface area contributed by atoms with Crippen LogP contribution < -0.4 is 0 Å². The number of benzene rings is 1. The third-order valence-electron chi connectivity index (χ3n) is 2.28. The first-order valence-corrected chi connectivity index (χ1v) is 7.12. The molecule has 0 aromatic heterocycles. The molecular formula is C12H13Br2ClO. The lowest BCUT2D eigenvalue weighted by molar-refractivity contribution is -0.121. The van der Waals surface area contributed by atoms with Crippen LogP contribution in [0.1, 0.15) is 19.4 Å². The van der Waals surface area contributed by atoms with E-state index in [4.69, 9.17) is 11.6 Å². The summed E-state index contributed by atoms with van der Waals surface area (Å²) < 4.78 is 0.874. The molecule has 0 saturated heterocycles. The van der Waals surface area contributed by atoms with Gasteiger partial charge in [0.15, 0.2) is 0 Å². The molecule has 0 aliphatic heterocycles. The average Bonchev–Trinajstić information content (AvgIpc) is 2.22. The van der Waals surface area contributed by atoms with Gasteiger partial charge in [-0.05, 0) is 40.0 Å². The Hall–Kier alpha value is 0.140. The van der Waals surface area contributed by atoms with Crippen molar-refractivity contribution in [3.63, 3.8) is 0 Å². The Balaban J connectivity index is 2.73. The quantitative estimate of drug-likeness (QED) is 0.708. The van der Waals surface area contributed by atoms with Crippen molar-refractivity contribution in [1.29, 1.82) is 0 Å². The van der Waals surface area contributed by atoms with Crippen molar-refractivity contribution in [3.8, 4) is 0 Å². The van der Waals surface area contributed by atoms with Crippen LogP contribution in [-0.2, 0) is 11.2 Å². The molecule has 0 radical (unpaired) electrons. The molecule has 1 unspecified atom stereocenters. The highest BCUT2D eigenvalue weighted by molar-refractivity contribution is 9.10. The van der Waals surface area contributed by atoms with Gasteiger partial charge in [-0.2, -0.15) is 0 Å². The summed E-state index contributed by atoms with van der Waals surface area (Å²) >= 11 is 12.7. The van der Waals surface area contributed by atoms with Crippen LogP contribution in [0.3, 0.4) is 0 Å². The van der Waals surface area contributed by atoms with Crippen LogP contribution in [-0.4, -0.2) is 10.6 Å². The molecule has 0 saturated carbocycles. The molecule has 0 bridgehead atoms. The van der Waals surface area contributed by atoms with Gasteiger partial charge >= 0.3 is 0 Å². The number of halogens is 3. The van der Waals surface area contributed by atoms with Crippen molar-refractivity contribution in [2.45, 2.75) is 25.1 Å². The molecule has 0 heterocycles. The average molecular weight is 368 g/mol. The molecule has 1 aromatic rings. The first kappa shape index (κ1) is 14.2. The van der Waals surface area contributed by atoms with Gasteiger partial charge < -0.3 is 0 Å². The summed E-state index contributed by atoms with van der Waals surface area (Å²) in [7, 11) is 0. The number of carbonyl (C=O) groups excluding carboxylic acids is 1. The van der Waals surface area contributed by atoms with Crippen LogP contribution in [0, 0.1) is 5.92 Å². The maximum absolute atomic E-state index is 11.7. The third-order valence-corrected chi connectivity index (χ3v) is 4.28. The van der Waals surface area contributed by atoms with Crippen LogP contribution >= 0.6 is 43.5 Å². The van der Waals surface area contributed by atoms with Crippen LogP contribution in [0.5, 0.6) is 0 Å². The highest BCUT2D eigenvalue weighted by atomic mass is 79.9. The van der Waals surface area contributed by atoms with Gasteiger partial charge in [-0.15, -0.1) is 0 Å². The Morgan fingerprint density at radius 2 is 2.06 bits per heavy atom. The number of hydrogen-bond donors (Lipinski definition) is 0. The zero-order valence-corrected chi connectivity index (χ0v) is 13.1. The van der Waals surface area contributed by atoms with Crippen molar-refractivity contribution >= 4 is 49.2 Å². The van der Waals surface area contributed by atoms with Crippen LogP contribution in [0.15, 0.2) is 22.7 Å². The lowest BCUT2D eigenvalue weighted by Gasteiger charge is -2.11. The summed E-state index contributed by atoms with van der Waals surface area (Å²) in [6.45, 7) is 3.82. The molecule has 1 nitrogen and oxygen atoms in total. The molecule has 0 aliphatic rings. The zero-order valence-electron chi connectivity index (χ0n) is 9.14. The van der Waals surface area contributed by atoms with E-state index in [1.807, 2.05) is 32.0 Å². The number of rotatable bonds is 4. The molecule has 88 valence electrons. The fourth-order valence-corrected chi connectivity index (χ4v) is 2.69. The van der Waals surface area contributed by atoms with Crippen molar-refractivity contribution in [2.24, 2.45) is 5.92 Å². The highest BCUT2D eigenvalue weighted by Gasteiger charge is 2.18. The van der Waals surface area contributed by atoms with Gasteiger partial charge in [-0.1, -0.05) is 47.4 Å². The molecule has 0 aliphatic carbocycles. The second-order valence-corrected chi connectivity index (χ2v) is 6.34. The van der Waals surface area contributed by atoms with E-state index >= 15 is 0 Å². The lowest BCUT2D eigenvalue weighted by atomic mass is 10.0. The molecule has 16 heavy (non-hydrogen) atoms. The van der Waals surface area contributed by atoms with Crippen molar-refractivity contribution < 1.29 is 4.79 Å². The monoisotopic (exact) mass is 366 g/mol. The van der Waals surface area contributed by atoms with Gasteiger partial charge in [0.1, 0.15) is 5.78 Å². The second-order valence-electron chi connectivity index (χ2n) is 3.98.